The Bertz CT molecular complexity index is 534. The van der Waals surface area contributed by atoms with Crippen molar-refractivity contribution in [3.63, 3.8) is 0 Å². The first-order valence-electron chi connectivity index (χ1n) is 8.33. The molecule has 0 spiro atoms. The van der Waals surface area contributed by atoms with Gasteiger partial charge in [-0.25, -0.2) is 9.59 Å². The van der Waals surface area contributed by atoms with Crippen LogP contribution in [0.15, 0.2) is 0 Å². The van der Waals surface area contributed by atoms with Gasteiger partial charge in [0.25, 0.3) is 0 Å². The highest BCUT2D eigenvalue weighted by Crippen LogP contribution is 2.39. The molecule has 0 aromatic rings. The van der Waals surface area contributed by atoms with Crippen molar-refractivity contribution >= 4 is 18.5 Å². The number of hydrogen-bond acceptors (Lipinski definition) is 5. The predicted molar refractivity (Wildman–Crippen MR) is 87.7 cm³/mol. The fraction of sp³-hybridized carbons (Fsp3) is 0.824. The Morgan fingerprint density at radius 1 is 1.04 bits per heavy atom. The van der Waals surface area contributed by atoms with Crippen molar-refractivity contribution in [1.29, 1.82) is 0 Å². The number of carbonyl (C=O) groups excluding carboxylic acids is 3. The lowest BCUT2D eigenvalue weighted by atomic mass is 9.97. The van der Waals surface area contributed by atoms with Gasteiger partial charge in [-0.2, -0.15) is 0 Å². The number of carbonyl (C=O) groups is 3. The van der Waals surface area contributed by atoms with Gasteiger partial charge in [0.2, 0.25) is 0 Å². The molecule has 2 aliphatic rings. The maximum atomic E-state index is 12.6. The highest BCUT2D eigenvalue weighted by atomic mass is 16.6. The van der Waals surface area contributed by atoms with Crippen LogP contribution in [-0.4, -0.2) is 64.1 Å². The summed E-state index contributed by atoms with van der Waals surface area (Å²) < 4.78 is 10.9. The lowest BCUT2D eigenvalue weighted by Gasteiger charge is -2.46. The summed E-state index contributed by atoms with van der Waals surface area (Å²) in [5.41, 5.74) is -2.27. The van der Waals surface area contributed by atoms with Gasteiger partial charge in [-0.1, -0.05) is 0 Å². The summed E-state index contributed by atoms with van der Waals surface area (Å²) in [6.07, 6.45) is 1.01. The van der Waals surface area contributed by atoms with Crippen molar-refractivity contribution in [2.45, 2.75) is 77.2 Å². The van der Waals surface area contributed by atoms with Crippen LogP contribution in [0.2, 0.25) is 0 Å². The monoisotopic (exact) mass is 340 g/mol. The molecule has 0 aliphatic carbocycles. The molecule has 2 atom stereocenters. The van der Waals surface area contributed by atoms with E-state index in [1.165, 1.54) is 9.80 Å². The molecule has 2 unspecified atom stereocenters. The summed E-state index contributed by atoms with van der Waals surface area (Å²) in [6, 6.07) is -0.230. The van der Waals surface area contributed by atoms with Gasteiger partial charge >= 0.3 is 12.2 Å². The average Bonchev–Trinajstić information content (AvgIpc) is 2.63. The number of likely N-dealkylation sites (tertiary alicyclic amines) is 1. The van der Waals surface area contributed by atoms with Crippen molar-refractivity contribution in [2.24, 2.45) is 0 Å². The summed E-state index contributed by atoms with van der Waals surface area (Å²) in [6.45, 7) is 11.3. The van der Waals surface area contributed by atoms with Crippen molar-refractivity contribution in [3.05, 3.63) is 0 Å². The fourth-order valence-electron chi connectivity index (χ4n) is 3.27. The Morgan fingerprint density at radius 2 is 1.58 bits per heavy atom. The van der Waals surface area contributed by atoms with Crippen LogP contribution in [0.25, 0.3) is 0 Å². The van der Waals surface area contributed by atoms with E-state index in [1.54, 1.807) is 41.5 Å². The molecule has 0 aromatic heterocycles. The smallest absolute Gasteiger partial charge is 0.411 e. The molecular weight excluding hydrogens is 312 g/mol. The second-order valence-corrected chi connectivity index (χ2v) is 8.63. The number of piperazine rings is 1. The van der Waals surface area contributed by atoms with Crippen LogP contribution in [0.4, 0.5) is 9.59 Å². The Morgan fingerprint density at radius 3 is 2.08 bits per heavy atom. The van der Waals surface area contributed by atoms with Gasteiger partial charge in [0.05, 0.1) is 12.6 Å². The summed E-state index contributed by atoms with van der Waals surface area (Å²) in [5, 5.41) is 0. The molecule has 24 heavy (non-hydrogen) atoms. The first kappa shape index (κ1) is 18.5. The Balaban J connectivity index is 2.19. The van der Waals surface area contributed by atoms with Crippen LogP contribution in [0.5, 0.6) is 0 Å². The molecule has 7 nitrogen and oxygen atoms in total. The van der Waals surface area contributed by atoms with E-state index >= 15 is 0 Å². The topological polar surface area (TPSA) is 76.2 Å². The molecule has 2 fully saturated rings. The molecule has 2 bridgehead atoms. The van der Waals surface area contributed by atoms with Gasteiger partial charge in [0, 0.05) is 6.54 Å². The summed E-state index contributed by atoms with van der Waals surface area (Å²) in [5.74, 6) is 0. The van der Waals surface area contributed by atoms with Crippen molar-refractivity contribution in [1.82, 2.24) is 9.80 Å². The number of ether oxygens (including phenoxy) is 2. The summed E-state index contributed by atoms with van der Waals surface area (Å²) >= 11 is 0. The number of nitrogens with zero attached hydrogens (tertiary/aromatic N) is 2. The SMILES string of the molecule is CC(C)(C)OC(=O)N1CC2CCC(C=O)(C1)N2C(=O)OC(C)(C)C. The third kappa shape index (κ3) is 3.82. The second kappa shape index (κ2) is 5.93. The fourth-order valence-corrected chi connectivity index (χ4v) is 3.27. The standard InChI is InChI=1S/C17H28N2O5/c1-15(2,3)23-13(21)18-9-12-7-8-17(10-18,11-20)19(12)14(22)24-16(4,5)6/h11-12H,7-10H2,1-6H3. The lowest BCUT2D eigenvalue weighted by molar-refractivity contribution is -0.121. The van der Waals surface area contributed by atoms with Gasteiger partial charge in [-0.15, -0.1) is 0 Å². The maximum Gasteiger partial charge on any atom is 0.411 e. The van der Waals surface area contributed by atoms with Crippen LogP contribution >= 0.6 is 0 Å². The Labute approximate surface area is 143 Å². The van der Waals surface area contributed by atoms with Crippen molar-refractivity contribution < 1.29 is 23.9 Å². The van der Waals surface area contributed by atoms with Crippen LogP contribution in [0, 0.1) is 0 Å². The maximum absolute atomic E-state index is 12.6. The molecule has 0 N–H and O–H groups in total. The average molecular weight is 340 g/mol. The zero-order valence-corrected chi connectivity index (χ0v) is 15.4. The van der Waals surface area contributed by atoms with Gasteiger partial charge in [-0.3, -0.25) is 4.90 Å². The second-order valence-electron chi connectivity index (χ2n) is 8.63. The quantitative estimate of drug-likeness (QED) is 0.686. The zero-order valence-electron chi connectivity index (χ0n) is 15.4. The van der Waals surface area contributed by atoms with E-state index < -0.39 is 28.9 Å². The van der Waals surface area contributed by atoms with Crippen molar-refractivity contribution in [3.8, 4) is 0 Å². The van der Waals surface area contributed by atoms with Crippen LogP contribution in [0.3, 0.4) is 0 Å². The number of amides is 2. The minimum absolute atomic E-state index is 0.140. The highest BCUT2D eigenvalue weighted by molar-refractivity contribution is 5.80. The van der Waals surface area contributed by atoms with Crippen LogP contribution < -0.4 is 0 Å². The molecule has 2 amide bonds. The molecule has 0 aromatic carbocycles. The predicted octanol–water partition coefficient (Wildman–Crippen LogP) is 2.57. The molecule has 0 saturated carbocycles. The first-order chi connectivity index (χ1) is 10.9. The van der Waals surface area contributed by atoms with Gasteiger partial charge in [0.1, 0.15) is 23.0 Å². The van der Waals surface area contributed by atoms with E-state index in [2.05, 4.69) is 0 Å². The minimum atomic E-state index is -1.03. The molecular formula is C17H28N2O5. The summed E-state index contributed by atoms with van der Waals surface area (Å²) in [4.78, 5) is 39.8. The van der Waals surface area contributed by atoms with Gasteiger partial charge in [-0.05, 0) is 54.4 Å². The molecule has 2 saturated heterocycles. The lowest BCUT2D eigenvalue weighted by Crippen LogP contribution is -2.65. The number of rotatable bonds is 1. The normalized spacial score (nSPS) is 27.0. The van der Waals surface area contributed by atoms with E-state index in [1.807, 2.05) is 0 Å². The third-order valence-corrected chi connectivity index (χ3v) is 4.11. The Hall–Kier alpha value is -1.79. The largest absolute Gasteiger partial charge is 0.444 e. The molecule has 2 aliphatic heterocycles. The number of aldehydes is 1. The summed E-state index contributed by atoms with van der Waals surface area (Å²) in [7, 11) is 0. The van der Waals surface area contributed by atoms with Gasteiger partial charge in [0.15, 0.2) is 0 Å². The van der Waals surface area contributed by atoms with Crippen LogP contribution in [-0.2, 0) is 14.3 Å². The number of hydrogen-bond donors (Lipinski definition) is 0. The molecule has 2 heterocycles. The van der Waals surface area contributed by atoms with E-state index in [-0.39, 0.29) is 12.6 Å². The van der Waals surface area contributed by atoms with Gasteiger partial charge < -0.3 is 19.2 Å². The van der Waals surface area contributed by atoms with Crippen LogP contribution in [0.1, 0.15) is 54.4 Å². The molecule has 0 radical (unpaired) electrons. The third-order valence-electron chi connectivity index (χ3n) is 4.11. The Kier molecular flexibility index (Phi) is 4.59. The molecule has 136 valence electrons. The van der Waals surface area contributed by atoms with Crippen molar-refractivity contribution in [2.75, 3.05) is 13.1 Å². The zero-order chi connectivity index (χ0) is 18.3. The van der Waals surface area contributed by atoms with E-state index in [9.17, 15) is 14.4 Å². The van der Waals surface area contributed by atoms with E-state index in [0.29, 0.717) is 19.4 Å². The first-order valence-corrected chi connectivity index (χ1v) is 8.33. The number of fused-ring (bicyclic) bond motifs is 2. The molecule has 7 heteroatoms. The minimum Gasteiger partial charge on any atom is -0.444 e. The highest BCUT2D eigenvalue weighted by Gasteiger charge is 2.56. The molecule has 2 rings (SSSR count). The van der Waals surface area contributed by atoms with E-state index in [0.717, 1.165) is 6.29 Å². The van der Waals surface area contributed by atoms with E-state index in [4.69, 9.17) is 9.47 Å².